The van der Waals surface area contributed by atoms with Crippen molar-refractivity contribution in [3.05, 3.63) is 59.7 Å². The van der Waals surface area contributed by atoms with Gasteiger partial charge in [0.2, 0.25) is 0 Å². The van der Waals surface area contributed by atoms with Crippen LogP contribution in [0.2, 0.25) is 0 Å². The molecule has 0 fully saturated rings. The molecule has 3 heteroatoms. The lowest BCUT2D eigenvalue weighted by atomic mass is 10.0. The predicted molar refractivity (Wildman–Crippen MR) is 73.5 cm³/mol. The van der Waals surface area contributed by atoms with Gasteiger partial charge in [0.25, 0.3) is 0 Å². The molecule has 0 atom stereocenters. The standard InChI is InChI=1S/C16H16O3/c1-19-16-8-3-2-6-13(16)11-15(18)10-12-5-4-7-14(17)9-12/h2-9,17H,10-11H2,1H3. The molecule has 0 heterocycles. The van der Waals surface area contributed by atoms with E-state index in [0.29, 0.717) is 12.8 Å². The van der Waals surface area contributed by atoms with Crippen molar-refractivity contribution in [2.24, 2.45) is 0 Å². The number of methoxy groups -OCH3 is 1. The van der Waals surface area contributed by atoms with E-state index in [9.17, 15) is 9.90 Å². The molecule has 19 heavy (non-hydrogen) atoms. The molecule has 0 aliphatic rings. The summed E-state index contributed by atoms with van der Waals surface area (Å²) in [6.07, 6.45) is 0.645. The number of Topliss-reactive ketones (excluding diaryl/α,β-unsaturated/α-hetero) is 1. The lowest BCUT2D eigenvalue weighted by Crippen LogP contribution is -2.07. The summed E-state index contributed by atoms with van der Waals surface area (Å²) >= 11 is 0. The van der Waals surface area contributed by atoms with E-state index in [1.807, 2.05) is 30.3 Å². The number of phenols is 1. The minimum absolute atomic E-state index is 0.0927. The van der Waals surface area contributed by atoms with E-state index in [4.69, 9.17) is 4.74 Å². The molecule has 0 aliphatic heterocycles. The highest BCUT2D eigenvalue weighted by Gasteiger charge is 2.09. The van der Waals surface area contributed by atoms with Gasteiger partial charge in [0.1, 0.15) is 17.3 Å². The minimum atomic E-state index is 0.0927. The van der Waals surface area contributed by atoms with Crippen LogP contribution < -0.4 is 4.74 Å². The monoisotopic (exact) mass is 256 g/mol. The molecular weight excluding hydrogens is 240 g/mol. The lowest BCUT2D eigenvalue weighted by Gasteiger charge is -2.07. The first-order valence-corrected chi connectivity index (χ1v) is 6.10. The summed E-state index contributed by atoms with van der Waals surface area (Å²) < 4.78 is 5.22. The first kappa shape index (κ1) is 13.1. The third-order valence-corrected chi connectivity index (χ3v) is 2.89. The van der Waals surface area contributed by atoms with Crippen LogP contribution >= 0.6 is 0 Å². The molecule has 0 radical (unpaired) electrons. The molecule has 2 aromatic carbocycles. The molecule has 3 nitrogen and oxygen atoms in total. The number of aromatic hydroxyl groups is 1. The first-order valence-electron chi connectivity index (χ1n) is 6.10. The summed E-state index contributed by atoms with van der Waals surface area (Å²) in [6.45, 7) is 0. The van der Waals surface area contributed by atoms with Crippen molar-refractivity contribution in [2.75, 3.05) is 7.11 Å². The van der Waals surface area contributed by atoms with Crippen LogP contribution in [0.15, 0.2) is 48.5 Å². The number of carbonyl (C=O) groups is 1. The maximum atomic E-state index is 12.0. The molecular formula is C16H16O3. The zero-order valence-electron chi connectivity index (χ0n) is 10.8. The van der Waals surface area contributed by atoms with Crippen molar-refractivity contribution in [1.29, 1.82) is 0 Å². The quantitative estimate of drug-likeness (QED) is 0.894. The maximum Gasteiger partial charge on any atom is 0.141 e. The van der Waals surface area contributed by atoms with Gasteiger partial charge in [-0.15, -0.1) is 0 Å². The van der Waals surface area contributed by atoms with Gasteiger partial charge in [-0.25, -0.2) is 0 Å². The Morgan fingerprint density at radius 1 is 1.11 bits per heavy atom. The van der Waals surface area contributed by atoms with Crippen LogP contribution in [0.3, 0.4) is 0 Å². The maximum absolute atomic E-state index is 12.0. The van der Waals surface area contributed by atoms with Gasteiger partial charge >= 0.3 is 0 Å². The van der Waals surface area contributed by atoms with Crippen molar-refractivity contribution in [2.45, 2.75) is 12.8 Å². The van der Waals surface area contributed by atoms with Crippen LogP contribution in [0.5, 0.6) is 11.5 Å². The lowest BCUT2D eigenvalue weighted by molar-refractivity contribution is -0.117. The molecule has 0 amide bonds. The SMILES string of the molecule is COc1ccccc1CC(=O)Cc1cccc(O)c1. The number of hydrogen-bond acceptors (Lipinski definition) is 3. The zero-order chi connectivity index (χ0) is 13.7. The normalized spacial score (nSPS) is 10.2. The Bertz CT molecular complexity index is 576. The van der Waals surface area contributed by atoms with Gasteiger partial charge in [-0.1, -0.05) is 30.3 Å². The number of benzene rings is 2. The zero-order valence-corrected chi connectivity index (χ0v) is 10.8. The summed E-state index contributed by atoms with van der Waals surface area (Å²) in [4.78, 5) is 12.0. The van der Waals surface area contributed by atoms with Crippen LogP contribution in [-0.4, -0.2) is 18.0 Å². The van der Waals surface area contributed by atoms with E-state index in [-0.39, 0.29) is 11.5 Å². The van der Waals surface area contributed by atoms with Gasteiger partial charge in [0.05, 0.1) is 7.11 Å². The van der Waals surface area contributed by atoms with Crippen molar-refractivity contribution in [3.63, 3.8) is 0 Å². The van der Waals surface area contributed by atoms with Crippen LogP contribution in [0.4, 0.5) is 0 Å². The predicted octanol–water partition coefficient (Wildman–Crippen LogP) is 2.76. The number of para-hydroxylation sites is 1. The average molecular weight is 256 g/mol. The molecule has 1 N–H and O–H groups in total. The highest BCUT2D eigenvalue weighted by Crippen LogP contribution is 2.19. The molecule has 2 aromatic rings. The fourth-order valence-corrected chi connectivity index (χ4v) is 2.02. The van der Waals surface area contributed by atoms with Gasteiger partial charge in [-0.3, -0.25) is 4.79 Å². The Kier molecular flexibility index (Phi) is 4.18. The van der Waals surface area contributed by atoms with Crippen LogP contribution in [0.25, 0.3) is 0 Å². The fourth-order valence-electron chi connectivity index (χ4n) is 2.02. The summed E-state index contributed by atoms with van der Waals surface area (Å²) in [5.74, 6) is 1.00. The van der Waals surface area contributed by atoms with Gasteiger partial charge in [-0.2, -0.15) is 0 Å². The van der Waals surface area contributed by atoms with E-state index in [1.54, 1.807) is 25.3 Å². The third kappa shape index (κ3) is 3.58. The highest BCUT2D eigenvalue weighted by atomic mass is 16.5. The Hall–Kier alpha value is -2.29. The summed E-state index contributed by atoms with van der Waals surface area (Å²) in [7, 11) is 1.60. The molecule has 0 saturated heterocycles. The molecule has 0 saturated carbocycles. The Balaban J connectivity index is 2.05. The second-order valence-corrected chi connectivity index (χ2v) is 4.37. The van der Waals surface area contributed by atoms with Crippen molar-refractivity contribution >= 4 is 5.78 Å². The van der Waals surface area contributed by atoms with Crippen molar-refractivity contribution in [3.8, 4) is 11.5 Å². The molecule has 0 aromatic heterocycles. The first-order chi connectivity index (χ1) is 9.19. The molecule has 2 rings (SSSR count). The summed E-state index contributed by atoms with van der Waals surface area (Å²) in [5, 5.41) is 9.37. The second kappa shape index (κ2) is 6.05. The van der Waals surface area contributed by atoms with E-state index in [2.05, 4.69) is 0 Å². The van der Waals surface area contributed by atoms with Crippen LogP contribution in [0, 0.1) is 0 Å². The Labute approximate surface area is 112 Å². The van der Waals surface area contributed by atoms with E-state index in [1.165, 1.54) is 0 Å². The fraction of sp³-hybridized carbons (Fsp3) is 0.188. The van der Waals surface area contributed by atoms with Gasteiger partial charge in [0.15, 0.2) is 0 Å². The molecule has 0 unspecified atom stereocenters. The highest BCUT2D eigenvalue weighted by molar-refractivity contribution is 5.83. The molecule has 0 aliphatic carbocycles. The van der Waals surface area contributed by atoms with Crippen molar-refractivity contribution < 1.29 is 14.6 Å². The summed E-state index contributed by atoms with van der Waals surface area (Å²) in [6, 6.07) is 14.3. The average Bonchev–Trinajstić information content (AvgIpc) is 2.39. The van der Waals surface area contributed by atoms with Gasteiger partial charge < -0.3 is 9.84 Å². The number of hydrogen-bond donors (Lipinski definition) is 1. The van der Waals surface area contributed by atoms with E-state index < -0.39 is 0 Å². The topological polar surface area (TPSA) is 46.5 Å². The molecule has 98 valence electrons. The van der Waals surface area contributed by atoms with Gasteiger partial charge in [0, 0.05) is 18.4 Å². The number of ether oxygens (including phenoxy) is 1. The minimum Gasteiger partial charge on any atom is -0.508 e. The van der Waals surface area contributed by atoms with Crippen LogP contribution in [-0.2, 0) is 17.6 Å². The smallest absolute Gasteiger partial charge is 0.141 e. The Morgan fingerprint density at radius 2 is 1.89 bits per heavy atom. The van der Waals surface area contributed by atoms with Gasteiger partial charge in [-0.05, 0) is 23.8 Å². The van der Waals surface area contributed by atoms with Crippen LogP contribution in [0.1, 0.15) is 11.1 Å². The number of ketones is 1. The number of phenolic OH excluding ortho intramolecular Hbond substituents is 1. The number of rotatable bonds is 5. The van der Waals surface area contributed by atoms with E-state index >= 15 is 0 Å². The second-order valence-electron chi connectivity index (χ2n) is 4.37. The Morgan fingerprint density at radius 3 is 2.63 bits per heavy atom. The number of carbonyl (C=O) groups excluding carboxylic acids is 1. The van der Waals surface area contributed by atoms with Crippen molar-refractivity contribution in [1.82, 2.24) is 0 Å². The molecule has 0 spiro atoms. The third-order valence-electron chi connectivity index (χ3n) is 2.89. The molecule has 0 bridgehead atoms. The van der Waals surface area contributed by atoms with E-state index in [0.717, 1.165) is 16.9 Å². The summed E-state index contributed by atoms with van der Waals surface area (Å²) in [5.41, 5.74) is 1.70. The largest absolute Gasteiger partial charge is 0.508 e.